The first kappa shape index (κ1) is 16.2. The van der Waals surface area contributed by atoms with Crippen molar-refractivity contribution in [3.8, 4) is 0 Å². The highest BCUT2D eigenvalue weighted by Gasteiger charge is 2.40. The van der Waals surface area contributed by atoms with Crippen LogP contribution >= 0.6 is 0 Å². The molecule has 1 aliphatic heterocycles. The van der Waals surface area contributed by atoms with Crippen molar-refractivity contribution >= 4 is 17.1 Å². The van der Waals surface area contributed by atoms with Crippen LogP contribution in [0.5, 0.6) is 0 Å². The molecule has 1 aliphatic rings. The zero-order valence-electron chi connectivity index (χ0n) is 14.2. The number of benzene rings is 1. The second-order valence-electron chi connectivity index (χ2n) is 6.53. The Morgan fingerprint density at radius 3 is 2.83 bits per heavy atom. The molecule has 1 aromatic carbocycles. The summed E-state index contributed by atoms with van der Waals surface area (Å²) in [5, 5.41) is 3.17. The van der Waals surface area contributed by atoms with Crippen molar-refractivity contribution in [3.05, 3.63) is 57.1 Å². The van der Waals surface area contributed by atoms with E-state index in [1.165, 1.54) is 0 Å². The number of hydrogen-bond acceptors (Lipinski definition) is 4. The summed E-state index contributed by atoms with van der Waals surface area (Å²) in [7, 11) is 0. The van der Waals surface area contributed by atoms with Crippen molar-refractivity contribution < 1.29 is 4.74 Å². The zero-order valence-corrected chi connectivity index (χ0v) is 14.2. The number of fused-ring (bicyclic) bond motifs is 2. The van der Waals surface area contributed by atoms with E-state index >= 15 is 0 Å². The van der Waals surface area contributed by atoms with Gasteiger partial charge in [-0.15, -0.1) is 0 Å². The number of H-pyrrole nitrogens is 1. The highest BCUT2D eigenvalue weighted by molar-refractivity contribution is 5.76. The van der Waals surface area contributed by atoms with E-state index in [1.807, 2.05) is 32.9 Å². The fourth-order valence-corrected chi connectivity index (χ4v) is 3.01. The molecule has 0 amide bonds. The van der Waals surface area contributed by atoms with Crippen LogP contribution in [0.1, 0.15) is 37.9 Å². The topological polar surface area (TPSA) is 71.4 Å². The minimum atomic E-state index is -0.611. The number of nitrogens with zero attached hydrogens (tertiary/aromatic N) is 2. The lowest BCUT2D eigenvalue weighted by atomic mass is 9.76. The minimum absolute atomic E-state index is 0.0516. The molecule has 1 atom stereocenters. The predicted octanol–water partition coefficient (Wildman–Crippen LogP) is 3.42. The normalized spacial score (nSPS) is 18.5. The molecule has 0 saturated carbocycles. The minimum Gasteiger partial charge on any atom is -0.377 e. The van der Waals surface area contributed by atoms with Crippen LogP contribution in [0, 0.1) is 13.5 Å². The van der Waals surface area contributed by atoms with Crippen molar-refractivity contribution in [3.63, 3.8) is 0 Å². The van der Waals surface area contributed by atoms with Crippen molar-refractivity contribution in [1.29, 1.82) is 0 Å². The molecule has 0 fully saturated rings. The summed E-state index contributed by atoms with van der Waals surface area (Å²) < 4.78 is 5.89. The lowest BCUT2D eigenvalue weighted by Gasteiger charge is -2.37. The van der Waals surface area contributed by atoms with Gasteiger partial charge >= 0.3 is 0 Å². The standard InChI is InChI=1S/C18H20N4O2/c1-10(2)24-9-18(4)13-8-12(19-5)6-7-14(13)22-15-16(18)20-11(3)21-17(15)23/h6-8,10,22H,9H2,1-4H3,(H,20,21,23). The lowest BCUT2D eigenvalue weighted by molar-refractivity contribution is 0.0516. The summed E-state index contributed by atoms with van der Waals surface area (Å²) in [5.74, 6) is 0.557. The van der Waals surface area contributed by atoms with Gasteiger partial charge in [-0.05, 0) is 39.3 Å². The summed E-state index contributed by atoms with van der Waals surface area (Å²) >= 11 is 0. The number of anilines is 2. The van der Waals surface area contributed by atoms with Crippen molar-refractivity contribution in [2.24, 2.45) is 0 Å². The highest BCUT2D eigenvalue weighted by atomic mass is 16.5. The molecule has 6 nitrogen and oxygen atoms in total. The fraction of sp³-hybridized carbons (Fsp3) is 0.389. The largest absolute Gasteiger partial charge is 0.377 e. The monoisotopic (exact) mass is 324 g/mol. The molecule has 124 valence electrons. The number of hydrogen-bond donors (Lipinski definition) is 2. The molecule has 0 radical (unpaired) electrons. The maximum Gasteiger partial charge on any atom is 0.274 e. The van der Waals surface area contributed by atoms with Crippen LogP contribution < -0.4 is 10.9 Å². The molecule has 3 rings (SSSR count). The van der Waals surface area contributed by atoms with Gasteiger partial charge in [0.1, 0.15) is 11.5 Å². The lowest BCUT2D eigenvalue weighted by Crippen LogP contribution is -2.39. The Balaban J connectivity index is 2.25. The van der Waals surface area contributed by atoms with Crippen LogP contribution in [0.25, 0.3) is 4.85 Å². The molecule has 24 heavy (non-hydrogen) atoms. The van der Waals surface area contributed by atoms with E-state index in [-0.39, 0.29) is 11.7 Å². The summed E-state index contributed by atoms with van der Waals surface area (Å²) in [6, 6.07) is 5.42. The smallest absolute Gasteiger partial charge is 0.274 e. The van der Waals surface area contributed by atoms with E-state index < -0.39 is 5.41 Å². The Bertz CT molecular complexity index is 895. The van der Waals surface area contributed by atoms with E-state index in [1.54, 1.807) is 13.0 Å². The van der Waals surface area contributed by atoms with Gasteiger partial charge in [0.2, 0.25) is 0 Å². The van der Waals surface area contributed by atoms with Crippen LogP contribution in [0.15, 0.2) is 23.0 Å². The number of nitrogens with one attached hydrogen (secondary N) is 2. The molecular formula is C18H20N4O2. The summed E-state index contributed by atoms with van der Waals surface area (Å²) in [5.41, 5.74) is 2.56. The molecular weight excluding hydrogens is 304 g/mol. The summed E-state index contributed by atoms with van der Waals surface area (Å²) in [4.78, 5) is 23.2. The number of rotatable bonds is 3. The molecule has 1 aromatic heterocycles. The maximum atomic E-state index is 12.4. The third-order valence-electron chi connectivity index (χ3n) is 4.25. The number of aryl methyl sites for hydroxylation is 1. The molecule has 1 unspecified atom stereocenters. The van der Waals surface area contributed by atoms with Crippen LogP contribution in [-0.4, -0.2) is 22.7 Å². The second-order valence-corrected chi connectivity index (χ2v) is 6.53. The zero-order chi connectivity index (χ0) is 17.5. The van der Waals surface area contributed by atoms with Gasteiger partial charge in [-0.3, -0.25) is 4.79 Å². The van der Waals surface area contributed by atoms with E-state index in [2.05, 4.69) is 20.1 Å². The van der Waals surface area contributed by atoms with Gasteiger partial charge in [-0.2, -0.15) is 0 Å². The quantitative estimate of drug-likeness (QED) is 0.849. The SMILES string of the molecule is [C-]#[N+]c1ccc2c(c1)C(C)(COC(C)C)c1nc(C)[nH]c(=O)c1N2. The third-order valence-corrected chi connectivity index (χ3v) is 4.25. The van der Waals surface area contributed by atoms with E-state index in [0.29, 0.717) is 29.5 Å². The van der Waals surface area contributed by atoms with Crippen LogP contribution in [-0.2, 0) is 10.2 Å². The van der Waals surface area contributed by atoms with Crippen LogP contribution in [0.3, 0.4) is 0 Å². The van der Waals surface area contributed by atoms with Crippen LogP contribution in [0.2, 0.25) is 0 Å². The Labute approximate surface area is 140 Å². The van der Waals surface area contributed by atoms with E-state index in [0.717, 1.165) is 11.3 Å². The van der Waals surface area contributed by atoms with Gasteiger partial charge in [-0.25, -0.2) is 9.83 Å². The van der Waals surface area contributed by atoms with Gasteiger partial charge in [0.25, 0.3) is 5.56 Å². The second kappa shape index (κ2) is 5.77. The Kier molecular flexibility index (Phi) is 3.90. The van der Waals surface area contributed by atoms with E-state index in [9.17, 15) is 4.79 Å². The molecule has 0 spiro atoms. The molecule has 2 N–H and O–H groups in total. The average Bonchev–Trinajstić information content (AvgIpc) is 2.54. The van der Waals surface area contributed by atoms with Gasteiger partial charge in [0.15, 0.2) is 5.69 Å². The number of aromatic amines is 1. The first-order valence-electron chi connectivity index (χ1n) is 7.87. The predicted molar refractivity (Wildman–Crippen MR) is 93.1 cm³/mol. The van der Waals surface area contributed by atoms with E-state index in [4.69, 9.17) is 11.3 Å². The first-order valence-corrected chi connectivity index (χ1v) is 7.87. The Morgan fingerprint density at radius 2 is 2.17 bits per heavy atom. The molecule has 6 heteroatoms. The van der Waals surface area contributed by atoms with Gasteiger partial charge in [0, 0.05) is 5.69 Å². The van der Waals surface area contributed by atoms with Crippen molar-refractivity contribution in [1.82, 2.24) is 9.97 Å². The number of ether oxygens (including phenoxy) is 1. The van der Waals surface area contributed by atoms with Gasteiger partial charge in [-0.1, -0.05) is 12.1 Å². The number of aromatic nitrogens is 2. The summed E-state index contributed by atoms with van der Waals surface area (Å²) in [6.07, 6.45) is 0.0516. The first-order chi connectivity index (χ1) is 11.3. The molecule has 2 heterocycles. The van der Waals surface area contributed by atoms with Gasteiger partial charge < -0.3 is 15.0 Å². The van der Waals surface area contributed by atoms with Crippen molar-refractivity contribution in [2.45, 2.75) is 39.2 Å². The molecule has 0 saturated heterocycles. The van der Waals surface area contributed by atoms with Crippen LogP contribution in [0.4, 0.5) is 17.1 Å². The Morgan fingerprint density at radius 1 is 1.42 bits per heavy atom. The molecule has 0 bridgehead atoms. The molecule has 2 aromatic rings. The highest BCUT2D eigenvalue weighted by Crippen LogP contribution is 2.44. The maximum absolute atomic E-state index is 12.4. The fourth-order valence-electron chi connectivity index (χ4n) is 3.01. The third kappa shape index (κ3) is 2.57. The average molecular weight is 324 g/mol. The van der Waals surface area contributed by atoms with Crippen molar-refractivity contribution in [2.75, 3.05) is 11.9 Å². The van der Waals surface area contributed by atoms with Gasteiger partial charge in [0.05, 0.1) is 30.4 Å². The molecule has 0 aliphatic carbocycles. The Hall–Kier alpha value is -2.65. The summed E-state index contributed by atoms with van der Waals surface area (Å²) in [6.45, 7) is 15.4.